The summed E-state index contributed by atoms with van der Waals surface area (Å²) in [5.74, 6) is -0.0161. The molecule has 0 heterocycles. The molecule has 0 atom stereocenters. The summed E-state index contributed by atoms with van der Waals surface area (Å²) in [6, 6.07) is 13.8. The summed E-state index contributed by atoms with van der Waals surface area (Å²) in [6.45, 7) is -0.342. The summed E-state index contributed by atoms with van der Waals surface area (Å²) in [4.78, 5) is 12.7. The highest BCUT2D eigenvalue weighted by molar-refractivity contribution is 6.00. The van der Waals surface area contributed by atoms with E-state index in [0.29, 0.717) is 12.0 Å². The topological polar surface area (TPSA) is 77.8 Å². The standard InChI is InChI=1S/C24H24O4/c25-13-16-1-3-17(4-2-16)18-5-6-19(9-18)20-7-8-21-11-24(14-26,15-27)12-23(28)22(21)10-20/h1-5,7-10,25-27H,6,11-15H2. The molecule has 4 nitrogen and oxygen atoms in total. The fourth-order valence-corrected chi connectivity index (χ4v) is 4.10. The largest absolute Gasteiger partial charge is 0.396 e. The fourth-order valence-electron chi connectivity index (χ4n) is 4.10. The maximum Gasteiger partial charge on any atom is 0.163 e. The average molecular weight is 376 g/mol. The molecule has 4 heteroatoms. The van der Waals surface area contributed by atoms with E-state index < -0.39 is 5.41 Å². The minimum Gasteiger partial charge on any atom is -0.396 e. The first kappa shape index (κ1) is 18.8. The van der Waals surface area contributed by atoms with E-state index in [-0.39, 0.29) is 32.0 Å². The van der Waals surface area contributed by atoms with Crippen molar-refractivity contribution in [3.05, 3.63) is 82.4 Å². The van der Waals surface area contributed by atoms with Crippen molar-refractivity contribution in [1.29, 1.82) is 0 Å². The van der Waals surface area contributed by atoms with Gasteiger partial charge in [-0.05, 0) is 52.3 Å². The van der Waals surface area contributed by atoms with E-state index >= 15 is 0 Å². The molecule has 0 aromatic heterocycles. The molecule has 2 aromatic carbocycles. The van der Waals surface area contributed by atoms with Crippen molar-refractivity contribution < 1.29 is 20.1 Å². The number of benzene rings is 2. The Labute approximate surface area is 164 Å². The van der Waals surface area contributed by atoms with Gasteiger partial charge in [-0.3, -0.25) is 4.79 Å². The average Bonchev–Trinajstić information content (AvgIpc) is 3.23. The second-order valence-electron chi connectivity index (χ2n) is 7.85. The zero-order valence-electron chi connectivity index (χ0n) is 15.7. The van der Waals surface area contributed by atoms with Gasteiger partial charge in [0.2, 0.25) is 0 Å². The molecule has 0 bridgehead atoms. The predicted octanol–water partition coefficient (Wildman–Crippen LogP) is 3.15. The molecule has 144 valence electrons. The summed E-state index contributed by atoms with van der Waals surface area (Å²) in [5.41, 5.74) is 6.20. The number of ketones is 1. The van der Waals surface area contributed by atoms with E-state index in [0.717, 1.165) is 39.8 Å². The molecular formula is C24H24O4. The molecule has 0 saturated carbocycles. The lowest BCUT2D eigenvalue weighted by molar-refractivity contribution is 0.0387. The summed E-state index contributed by atoms with van der Waals surface area (Å²) < 4.78 is 0. The molecule has 0 amide bonds. The lowest BCUT2D eigenvalue weighted by atomic mass is 9.71. The van der Waals surface area contributed by atoms with Crippen LogP contribution in [0.5, 0.6) is 0 Å². The van der Waals surface area contributed by atoms with Crippen LogP contribution in [0.3, 0.4) is 0 Å². The Morgan fingerprint density at radius 2 is 1.61 bits per heavy atom. The van der Waals surface area contributed by atoms with Gasteiger partial charge in [0.05, 0.1) is 19.8 Å². The number of fused-ring (bicyclic) bond motifs is 1. The zero-order valence-corrected chi connectivity index (χ0v) is 15.7. The Kier molecular flexibility index (Phi) is 5.02. The van der Waals surface area contributed by atoms with Crippen LogP contribution >= 0.6 is 0 Å². The number of hydrogen-bond acceptors (Lipinski definition) is 4. The number of allylic oxidation sites excluding steroid dienone is 4. The van der Waals surface area contributed by atoms with Crippen LogP contribution in [0.4, 0.5) is 0 Å². The van der Waals surface area contributed by atoms with Gasteiger partial charge in [-0.2, -0.15) is 0 Å². The number of carbonyl (C=O) groups excluding carboxylic acids is 1. The van der Waals surface area contributed by atoms with Gasteiger partial charge in [0, 0.05) is 17.4 Å². The Morgan fingerprint density at radius 3 is 2.29 bits per heavy atom. The first-order valence-corrected chi connectivity index (χ1v) is 9.56. The van der Waals surface area contributed by atoms with Crippen LogP contribution < -0.4 is 0 Å². The molecule has 0 unspecified atom stereocenters. The molecule has 28 heavy (non-hydrogen) atoms. The molecule has 2 aliphatic carbocycles. The summed E-state index contributed by atoms with van der Waals surface area (Å²) >= 11 is 0. The summed E-state index contributed by atoms with van der Waals surface area (Å²) in [5, 5.41) is 28.5. The van der Waals surface area contributed by atoms with Crippen molar-refractivity contribution in [2.75, 3.05) is 13.2 Å². The van der Waals surface area contributed by atoms with Gasteiger partial charge in [-0.15, -0.1) is 0 Å². The SMILES string of the molecule is O=C1CC(CO)(CO)Cc2ccc(C3=CC(c4ccc(CO)cc4)=CC3)cc21. The molecule has 0 aliphatic heterocycles. The normalized spacial score (nSPS) is 17.9. The molecule has 0 spiro atoms. The Hall–Kier alpha value is -2.53. The molecule has 2 aromatic rings. The van der Waals surface area contributed by atoms with E-state index in [1.807, 2.05) is 42.5 Å². The molecular weight excluding hydrogens is 352 g/mol. The molecule has 0 radical (unpaired) electrons. The van der Waals surface area contributed by atoms with Crippen molar-refractivity contribution >= 4 is 16.9 Å². The van der Waals surface area contributed by atoms with Gasteiger partial charge < -0.3 is 15.3 Å². The smallest absolute Gasteiger partial charge is 0.163 e. The molecule has 0 saturated heterocycles. The third-order valence-electron chi connectivity index (χ3n) is 5.89. The van der Waals surface area contributed by atoms with Gasteiger partial charge in [0.1, 0.15) is 0 Å². The van der Waals surface area contributed by atoms with E-state index in [4.69, 9.17) is 0 Å². The van der Waals surface area contributed by atoms with Crippen molar-refractivity contribution in [1.82, 2.24) is 0 Å². The minimum absolute atomic E-state index is 0.0161. The van der Waals surface area contributed by atoms with Crippen molar-refractivity contribution in [2.45, 2.75) is 25.9 Å². The van der Waals surface area contributed by atoms with Crippen molar-refractivity contribution in [2.24, 2.45) is 5.41 Å². The Morgan fingerprint density at radius 1 is 0.893 bits per heavy atom. The molecule has 2 aliphatic rings. The van der Waals surface area contributed by atoms with Crippen LogP contribution in [0.2, 0.25) is 0 Å². The lowest BCUT2D eigenvalue weighted by Gasteiger charge is -2.34. The summed E-state index contributed by atoms with van der Waals surface area (Å²) in [7, 11) is 0. The quantitative estimate of drug-likeness (QED) is 0.749. The lowest BCUT2D eigenvalue weighted by Crippen LogP contribution is -2.38. The molecule has 0 fully saturated rings. The third kappa shape index (κ3) is 3.35. The van der Waals surface area contributed by atoms with E-state index in [1.165, 1.54) is 0 Å². The number of hydrogen-bond donors (Lipinski definition) is 3. The third-order valence-corrected chi connectivity index (χ3v) is 5.89. The maximum absolute atomic E-state index is 12.7. The van der Waals surface area contributed by atoms with E-state index in [9.17, 15) is 20.1 Å². The van der Waals surface area contributed by atoms with E-state index in [2.05, 4.69) is 12.2 Å². The summed E-state index contributed by atoms with van der Waals surface area (Å²) in [6.07, 6.45) is 5.82. The molecule has 3 N–H and O–H groups in total. The van der Waals surface area contributed by atoms with Crippen LogP contribution in [0.15, 0.2) is 54.6 Å². The highest BCUT2D eigenvalue weighted by atomic mass is 16.3. The number of Topliss-reactive ketones (excluding diaryl/α,β-unsaturated/α-hetero) is 1. The van der Waals surface area contributed by atoms with E-state index in [1.54, 1.807) is 0 Å². The van der Waals surface area contributed by atoms with Crippen LogP contribution in [-0.4, -0.2) is 34.3 Å². The first-order valence-electron chi connectivity index (χ1n) is 9.56. The number of aliphatic hydroxyl groups excluding tert-OH is 3. The fraction of sp³-hybridized carbons (Fsp3) is 0.292. The van der Waals surface area contributed by atoms with Crippen molar-refractivity contribution in [3.8, 4) is 0 Å². The number of carbonyl (C=O) groups is 1. The monoisotopic (exact) mass is 376 g/mol. The number of rotatable bonds is 5. The highest BCUT2D eigenvalue weighted by Gasteiger charge is 2.37. The van der Waals surface area contributed by atoms with Gasteiger partial charge in [0.25, 0.3) is 0 Å². The van der Waals surface area contributed by atoms with Crippen LogP contribution in [0, 0.1) is 5.41 Å². The van der Waals surface area contributed by atoms with Crippen LogP contribution in [0.1, 0.15) is 45.5 Å². The Bertz CT molecular complexity index is 963. The van der Waals surface area contributed by atoms with Crippen molar-refractivity contribution in [3.63, 3.8) is 0 Å². The maximum atomic E-state index is 12.7. The minimum atomic E-state index is -0.742. The molecule has 4 rings (SSSR count). The predicted molar refractivity (Wildman–Crippen MR) is 109 cm³/mol. The van der Waals surface area contributed by atoms with Gasteiger partial charge >= 0.3 is 0 Å². The first-order chi connectivity index (χ1) is 13.6. The van der Waals surface area contributed by atoms with Gasteiger partial charge in [-0.25, -0.2) is 0 Å². The number of aliphatic hydroxyl groups is 3. The van der Waals surface area contributed by atoms with Gasteiger partial charge in [-0.1, -0.05) is 48.6 Å². The highest BCUT2D eigenvalue weighted by Crippen LogP contribution is 2.38. The second kappa shape index (κ2) is 7.47. The van der Waals surface area contributed by atoms with Gasteiger partial charge in [0.15, 0.2) is 5.78 Å². The Balaban J connectivity index is 1.60. The van der Waals surface area contributed by atoms with Crippen LogP contribution in [0.25, 0.3) is 11.1 Å². The van der Waals surface area contributed by atoms with Crippen LogP contribution in [-0.2, 0) is 13.0 Å². The zero-order chi connectivity index (χ0) is 19.7. The second-order valence-corrected chi connectivity index (χ2v) is 7.85.